The number of rotatable bonds is 6. The number of hydrogen-bond donors (Lipinski definition) is 1. The van der Waals surface area contributed by atoms with Gasteiger partial charge >= 0.3 is 0 Å². The van der Waals surface area contributed by atoms with Gasteiger partial charge in [0, 0.05) is 24.2 Å². The highest BCUT2D eigenvalue weighted by Gasteiger charge is 2.28. The lowest BCUT2D eigenvalue weighted by molar-refractivity contribution is 0.0950. The Balaban J connectivity index is 1.72. The summed E-state index contributed by atoms with van der Waals surface area (Å²) in [6.45, 7) is 3.25. The van der Waals surface area contributed by atoms with Gasteiger partial charge in [0.15, 0.2) is 0 Å². The Morgan fingerprint density at radius 3 is 2.73 bits per heavy atom. The molecule has 7 heteroatoms. The van der Waals surface area contributed by atoms with Crippen molar-refractivity contribution >= 4 is 21.6 Å². The second-order valence-corrected chi connectivity index (χ2v) is 8.03. The lowest BCUT2D eigenvalue weighted by atomic mass is 10.1. The van der Waals surface area contributed by atoms with Gasteiger partial charge in [-0.3, -0.25) is 9.10 Å². The van der Waals surface area contributed by atoms with Gasteiger partial charge in [0.2, 0.25) is 10.0 Å². The summed E-state index contributed by atoms with van der Waals surface area (Å²) < 4.78 is 31.1. The summed E-state index contributed by atoms with van der Waals surface area (Å²) in [5, 5.41) is 2.87. The molecule has 0 spiro atoms. The van der Waals surface area contributed by atoms with Gasteiger partial charge in [-0.05, 0) is 37.6 Å². The first-order valence-corrected chi connectivity index (χ1v) is 10.2. The molecule has 26 heavy (non-hydrogen) atoms. The molecule has 0 unspecified atom stereocenters. The van der Waals surface area contributed by atoms with Crippen LogP contribution >= 0.6 is 0 Å². The van der Waals surface area contributed by atoms with Gasteiger partial charge in [-0.1, -0.05) is 24.3 Å². The number of nitrogens with one attached hydrogen (secondary N) is 1. The maximum absolute atomic E-state index is 12.5. The Morgan fingerprint density at radius 2 is 2.00 bits per heavy atom. The minimum absolute atomic E-state index is 0.150. The molecule has 1 heterocycles. The molecule has 1 fully saturated rings. The molecule has 0 saturated carbocycles. The highest BCUT2D eigenvalue weighted by molar-refractivity contribution is 7.93. The summed E-state index contributed by atoms with van der Waals surface area (Å²) >= 11 is 0. The van der Waals surface area contributed by atoms with Crippen LogP contribution < -0.4 is 14.4 Å². The summed E-state index contributed by atoms with van der Waals surface area (Å²) in [6.07, 6.45) is 0.604. The first-order chi connectivity index (χ1) is 12.5. The smallest absolute Gasteiger partial charge is 0.251 e. The molecule has 0 aliphatic carbocycles. The number of ether oxygens (including phenoxy) is 1. The van der Waals surface area contributed by atoms with Crippen molar-refractivity contribution in [3.63, 3.8) is 0 Å². The summed E-state index contributed by atoms with van der Waals surface area (Å²) in [7, 11) is -3.26. The van der Waals surface area contributed by atoms with E-state index in [9.17, 15) is 13.2 Å². The predicted molar refractivity (Wildman–Crippen MR) is 101 cm³/mol. The number of hydrogen-bond acceptors (Lipinski definition) is 4. The number of sulfonamides is 1. The molecule has 0 aromatic heterocycles. The zero-order chi connectivity index (χ0) is 18.6. The summed E-state index contributed by atoms with van der Waals surface area (Å²) in [4.78, 5) is 12.5. The van der Waals surface area contributed by atoms with E-state index in [1.165, 1.54) is 4.31 Å². The number of amides is 1. The van der Waals surface area contributed by atoms with Crippen LogP contribution in [0, 0.1) is 0 Å². The molecule has 3 rings (SSSR count). The molecule has 1 amide bonds. The molecule has 138 valence electrons. The molecule has 1 N–H and O–H groups in total. The second kappa shape index (κ2) is 7.78. The zero-order valence-corrected chi connectivity index (χ0v) is 15.5. The van der Waals surface area contributed by atoms with Gasteiger partial charge in [0.25, 0.3) is 5.91 Å². The van der Waals surface area contributed by atoms with Crippen molar-refractivity contribution in [2.24, 2.45) is 0 Å². The fourth-order valence-electron chi connectivity index (χ4n) is 2.96. The summed E-state index contributed by atoms with van der Waals surface area (Å²) in [5.41, 5.74) is 1.85. The van der Waals surface area contributed by atoms with Crippen LogP contribution in [0.5, 0.6) is 5.75 Å². The first kappa shape index (κ1) is 18.3. The number of carbonyl (C=O) groups is 1. The highest BCUT2D eigenvalue weighted by Crippen LogP contribution is 2.25. The van der Waals surface area contributed by atoms with Crippen molar-refractivity contribution in [2.75, 3.05) is 23.2 Å². The fourth-order valence-corrected chi connectivity index (χ4v) is 4.51. The maximum Gasteiger partial charge on any atom is 0.251 e. The van der Waals surface area contributed by atoms with E-state index < -0.39 is 10.0 Å². The van der Waals surface area contributed by atoms with Crippen molar-refractivity contribution in [2.45, 2.75) is 19.9 Å². The lowest BCUT2D eigenvalue weighted by Crippen LogP contribution is -2.26. The summed E-state index contributed by atoms with van der Waals surface area (Å²) in [5.74, 6) is 0.638. The Bertz CT molecular complexity index is 896. The minimum Gasteiger partial charge on any atom is -0.494 e. The molecule has 1 aliphatic heterocycles. The van der Waals surface area contributed by atoms with Gasteiger partial charge in [-0.15, -0.1) is 0 Å². The second-order valence-electron chi connectivity index (χ2n) is 6.02. The lowest BCUT2D eigenvalue weighted by Gasteiger charge is -2.17. The predicted octanol–water partition coefficient (Wildman–Crippen LogP) is 2.56. The quantitative estimate of drug-likeness (QED) is 0.843. The topological polar surface area (TPSA) is 75.7 Å². The molecule has 6 nitrogen and oxygen atoms in total. The van der Waals surface area contributed by atoms with Gasteiger partial charge < -0.3 is 10.1 Å². The molecule has 2 aromatic carbocycles. The molecule has 2 aromatic rings. The first-order valence-electron chi connectivity index (χ1n) is 8.60. The molecule has 0 atom stereocenters. The van der Waals surface area contributed by atoms with Crippen molar-refractivity contribution < 1.29 is 17.9 Å². The monoisotopic (exact) mass is 374 g/mol. The number of nitrogens with zero attached hydrogens (tertiary/aromatic N) is 1. The van der Waals surface area contributed by atoms with Crippen LogP contribution in [0.2, 0.25) is 0 Å². The Kier molecular flexibility index (Phi) is 5.46. The van der Waals surface area contributed by atoms with E-state index in [-0.39, 0.29) is 11.7 Å². The number of para-hydroxylation sites is 1. The van der Waals surface area contributed by atoms with Crippen LogP contribution in [0.3, 0.4) is 0 Å². The zero-order valence-electron chi connectivity index (χ0n) is 14.6. The molecular formula is C19H22N2O4S. The van der Waals surface area contributed by atoms with Crippen molar-refractivity contribution in [3.05, 3.63) is 59.7 Å². The van der Waals surface area contributed by atoms with E-state index in [0.29, 0.717) is 37.4 Å². The maximum atomic E-state index is 12.5. The minimum atomic E-state index is -3.26. The van der Waals surface area contributed by atoms with E-state index in [0.717, 1.165) is 11.3 Å². The number of anilines is 1. The van der Waals surface area contributed by atoms with E-state index >= 15 is 0 Å². The van der Waals surface area contributed by atoms with Crippen LogP contribution in [0.15, 0.2) is 48.5 Å². The average Bonchev–Trinajstić information content (AvgIpc) is 3.00. The summed E-state index contributed by atoms with van der Waals surface area (Å²) in [6, 6.07) is 14.3. The fraction of sp³-hybridized carbons (Fsp3) is 0.316. The number of carbonyl (C=O) groups excluding carboxylic acids is 1. The van der Waals surface area contributed by atoms with E-state index in [1.54, 1.807) is 24.3 Å². The van der Waals surface area contributed by atoms with Crippen molar-refractivity contribution in [1.82, 2.24) is 5.32 Å². The van der Waals surface area contributed by atoms with Crippen LogP contribution in [0.25, 0.3) is 0 Å². The Morgan fingerprint density at radius 1 is 1.19 bits per heavy atom. The van der Waals surface area contributed by atoms with Crippen LogP contribution in [0.4, 0.5) is 5.69 Å². The van der Waals surface area contributed by atoms with Crippen LogP contribution in [-0.4, -0.2) is 33.2 Å². The van der Waals surface area contributed by atoms with Gasteiger partial charge in [-0.2, -0.15) is 0 Å². The highest BCUT2D eigenvalue weighted by atomic mass is 32.2. The SMILES string of the molecule is CCOc1ccccc1CNC(=O)c1cccc(N2CCCS2(=O)=O)c1. The third-order valence-electron chi connectivity index (χ3n) is 4.21. The largest absolute Gasteiger partial charge is 0.494 e. The Hall–Kier alpha value is -2.54. The van der Waals surface area contributed by atoms with E-state index in [4.69, 9.17) is 4.74 Å². The van der Waals surface area contributed by atoms with Crippen LogP contribution in [0.1, 0.15) is 29.3 Å². The standard InChI is InChI=1S/C19H22N2O4S/c1-2-25-18-10-4-3-7-16(18)14-20-19(22)15-8-5-9-17(13-15)21-11-6-12-26(21,23)24/h3-5,7-10,13H,2,6,11-12,14H2,1H3,(H,20,22). The van der Waals surface area contributed by atoms with E-state index in [2.05, 4.69) is 5.32 Å². The normalized spacial score (nSPS) is 15.7. The van der Waals surface area contributed by atoms with Crippen molar-refractivity contribution in [1.29, 1.82) is 0 Å². The van der Waals surface area contributed by atoms with Gasteiger partial charge in [0.05, 0.1) is 18.0 Å². The van der Waals surface area contributed by atoms with Crippen LogP contribution in [-0.2, 0) is 16.6 Å². The Labute approximate surface area is 153 Å². The molecular weight excluding hydrogens is 352 g/mol. The number of benzene rings is 2. The van der Waals surface area contributed by atoms with Gasteiger partial charge in [0.1, 0.15) is 5.75 Å². The average molecular weight is 374 g/mol. The van der Waals surface area contributed by atoms with E-state index in [1.807, 2.05) is 31.2 Å². The third-order valence-corrected chi connectivity index (χ3v) is 6.08. The third kappa shape index (κ3) is 3.99. The molecule has 0 bridgehead atoms. The van der Waals surface area contributed by atoms with Gasteiger partial charge in [-0.25, -0.2) is 8.42 Å². The molecule has 0 radical (unpaired) electrons. The molecule has 1 saturated heterocycles. The molecule has 1 aliphatic rings. The van der Waals surface area contributed by atoms with Crippen molar-refractivity contribution in [3.8, 4) is 5.75 Å².